The van der Waals surface area contributed by atoms with E-state index in [-0.39, 0.29) is 6.01 Å². The molecule has 0 fully saturated rings. The van der Waals surface area contributed by atoms with Gasteiger partial charge in [-0.05, 0) is 13.8 Å². The third-order valence-corrected chi connectivity index (χ3v) is 1.39. The van der Waals surface area contributed by atoms with Gasteiger partial charge in [-0.15, -0.1) is 5.10 Å². The second-order valence-electron chi connectivity index (χ2n) is 2.91. The van der Waals surface area contributed by atoms with E-state index in [2.05, 4.69) is 19.9 Å². The fourth-order valence-electron chi connectivity index (χ4n) is 0.737. The maximum atomic E-state index is 12.0. The van der Waals surface area contributed by atoms with E-state index in [0.29, 0.717) is 6.54 Å². The van der Waals surface area contributed by atoms with Gasteiger partial charge in [-0.1, -0.05) is 16.7 Å². The first-order chi connectivity index (χ1) is 6.59. The highest BCUT2D eigenvalue weighted by atomic mass is 19.3. The Morgan fingerprint density at radius 2 is 2.21 bits per heavy atom. The van der Waals surface area contributed by atoms with E-state index in [4.69, 9.17) is 0 Å². The zero-order valence-corrected chi connectivity index (χ0v) is 7.92. The Labute approximate surface area is 80.0 Å². The van der Waals surface area contributed by atoms with Gasteiger partial charge in [0, 0.05) is 6.54 Å². The topological polar surface area (TPSA) is 51.0 Å². The quantitative estimate of drug-likeness (QED) is 0.763. The van der Waals surface area contributed by atoms with Crippen molar-refractivity contribution in [3.8, 4) is 0 Å². The predicted molar refractivity (Wildman–Crippen MR) is 47.2 cm³/mol. The maximum absolute atomic E-state index is 12.0. The zero-order chi connectivity index (χ0) is 10.6. The second kappa shape index (κ2) is 4.69. The average Bonchev–Trinajstić information content (AvgIpc) is 2.52. The molecule has 14 heavy (non-hydrogen) atoms. The van der Waals surface area contributed by atoms with Crippen LogP contribution in [0.2, 0.25) is 0 Å². The molecule has 0 saturated carbocycles. The number of allylic oxidation sites excluding steroid dienone is 1. The van der Waals surface area contributed by atoms with Crippen LogP contribution in [0.15, 0.2) is 16.1 Å². The van der Waals surface area contributed by atoms with E-state index < -0.39 is 12.3 Å². The number of halogens is 2. The molecule has 0 unspecified atom stereocenters. The average molecular weight is 203 g/mol. The minimum atomic E-state index is -2.72. The summed E-state index contributed by atoms with van der Waals surface area (Å²) in [6.07, 6.45) is -0.840. The van der Waals surface area contributed by atoms with Crippen molar-refractivity contribution in [3.05, 3.63) is 17.5 Å². The van der Waals surface area contributed by atoms with Gasteiger partial charge < -0.3 is 9.73 Å². The van der Waals surface area contributed by atoms with Crippen LogP contribution in [-0.2, 0) is 0 Å². The van der Waals surface area contributed by atoms with E-state index in [0.717, 1.165) is 5.57 Å². The number of alkyl halides is 2. The Morgan fingerprint density at radius 1 is 1.50 bits per heavy atom. The molecule has 1 rings (SSSR count). The molecule has 78 valence electrons. The number of anilines is 1. The summed E-state index contributed by atoms with van der Waals surface area (Å²) in [7, 11) is 0. The van der Waals surface area contributed by atoms with Crippen LogP contribution in [0.25, 0.3) is 0 Å². The van der Waals surface area contributed by atoms with E-state index >= 15 is 0 Å². The molecule has 1 N–H and O–H groups in total. The molecule has 0 saturated heterocycles. The van der Waals surface area contributed by atoms with Crippen molar-refractivity contribution in [1.29, 1.82) is 0 Å². The van der Waals surface area contributed by atoms with Gasteiger partial charge >= 0.3 is 12.4 Å². The predicted octanol–water partition coefficient (Wildman–Crippen LogP) is 2.39. The van der Waals surface area contributed by atoms with Crippen molar-refractivity contribution < 1.29 is 13.2 Å². The van der Waals surface area contributed by atoms with Crippen LogP contribution in [0.4, 0.5) is 14.8 Å². The van der Waals surface area contributed by atoms with Crippen molar-refractivity contribution in [1.82, 2.24) is 10.2 Å². The van der Waals surface area contributed by atoms with Crippen LogP contribution in [0, 0.1) is 0 Å². The SMILES string of the molecule is CC(C)=CCNc1nnc(C(F)F)o1. The fourth-order valence-corrected chi connectivity index (χ4v) is 0.737. The smallest absolute Gasteiger partial charge is 0.315 e. The summed E-state index contributed by atoms with van der Waals surface area (Å²) in [5, 5.41) is 9.26. The van der Waals surface area contributed by atoms with Crippen LogP contribution in [0.1, 0.15) is 26.2 Å². The van der Waals surface area contributed by atoms with Gasteiger partial charge in [0.25, 0.3) is 5.89 Å². The first kappa shape index (κ1) is 10.6. The Hall–Kier alpha value is -1.46. The molecular formula is C8H11F2N3O. The fraction of sp³-hybridized carbons (Fsp3) is 0.500. The number of hydrogen-bond donors (Lipinski definition) is 1. The lowest BCUT2D eigenvalue weighted by molar-refractivity contribution is 0.116. The number of aromatic nitrogens is 2. The lowest BCUT2D eigenvalue weighted by Gasteiger charge is -1.95. The highest BCUT2D eigenvalue weighted by Gasteiger charge is 2.15. The molecule has 6 heteroatoms. The largest absolute Gasteiger partial charge is 0.402 e. The van der Waals surface area contributed by atoms with Gasteiger partial charge in [-0.3, -0.25) is 0 Å². The van der Waals surface area contributed by atoms with E-state index in [1.165, 1.54) is 0 Å². The Kier molecular flexibility index (Phi) is 3.55. The Balaban J connectivity index is 2.48. The summed E-state index contributed by atoms with van der Waals surface area (Å²) in [6.45, 7) is 4.34. The minimum Gasteiger partial charge on any atom is -0.402 e. The standard InChI is InChI=1S/C8H11F2N3O/c1-5(2)3-4-11-8-13-12-7(14-8)6(9)10/h3,6H,4H2,1-2H3,(H,11,13). The molecule has 1 aromatic heterocycles. The van der Waals surface area contributed by atoms with Crippen LogP contribution >= 0.6 is 0 Å². The zero-order valence-electron chi connectivity index (χ0n) is 7.92. The molecule has 0 radical (unpaired) electrons. The summed E-state index contributed by atoms with van der Waals surface area (Å²) in [5.41, 5.74) is 1.12. The third kappa shape index (κ3) is 3.12. The van der Waals surface area contributed by atoms with Gasteiger partial charge in [0.15, 0.2) is 0 Å². The highest BCUT2D eigenvalue weighted by molar-refractivity contribution is 5.19. The van der Waals surface area contributed by atoms with Crippen molar-refractivity contribution >= 4 is 6.01 Å². The minimum absolute atomic E-state index is 0.0119. The Bertz CT molecular complexity index is 318. The molecule has 0 aliphatic rings. The summed E-state index contributed by atoms with van der Waals surface area (Å²) in [4.78, 5) is 0. The highest BCUT2D eigenvalue weighted by Crippen LogP contribution is 2.18. The molecule has 0 aliphatic carbocycles. The molecule has 1 heterocycles. The number of hydrogen-bond acceptors (Lipinski definition) is 4. The van der Waals surface area contributed by atoms with Gasteiger partial charge in [-0.25, -0.2) is 0 Å². The van der Waals surface area contributed by atoms with Crippen molar-refractivity contribution in [3.63, 3.8) is 0 Å². The molecule has 0 aromatic carbocycles. The van der Waals surface area contributed by atoms with E-state index in [1.807, 2.05) is 19.9 Å². The van der Waals surface area contributed by atoms with Crippen molar-refractivity contribution in [2.75, 3.05) is 11.9 Å². The molecule has 0 atom stereocenters. The second-order valence-corrected chi connectivity index (χ2v) is 2.91. The molecular weight excluding hydrogens is 192 g/mol. The van der Waals surface area contributed by atoms with E-state index in [1.54, 1.807) is 0 Å². The molecule has 4 nitrogen and oxygen atoms in total. The van der Waals surface area contributed by atoms with Gasteiger partial charge in [0.05, 0.1) is 0 Å². The normalized spacial score (nSPS) is 10.4. The van der Waals surface area contributed by atoms with Gasteiger partial charge in [-0.2, -0.15) is 8.78 Å². The molecule has 1 aromatic rings. The first-order valence-electron chi connectivity index (χ1n) is 4.08. The lowest BCUT2D eigenvalue weighted by Crippen LogP contribution is -1.98. The van der Waals surface area contributed by atoms with Crippen LogP contribution < -0.4 is 5.32 Å². The number of nitrogens with one attached hydrogen (secondary N) is 1. The molecule has 0 amide bonds. The summed E-state index contributed by atoms with van der Waals surface area (Å²) >= 11 is 0. The summed E-state index contributed by atoms with van der Waals surface area (Å²) < 4.78 is 28.6. The summed E-state index contributed by atoms with van der Waals surface area (Å²) in [5.74, 6) is -0.662. The van der Waals surface area contributed by atoms with Crippen LogP contribution in [0.5, 0.6) is 0 Å². The van der Waals surface area contributed by atoms with Crippen molar-refractivity contribution in [2.24, 2.45) is 0 Å². The maximum Gasteiger partial charge on any atom is 0.315 e. The lowest BCUT2D eigenvalue weighted by atomic mass is 10.3. The first-order valence-corrected chi connectivity index (χ1v) is 4.08. The van der Waals surface area contributed by atoms with E-state index in [9.17, 15) is 8.78 Å². The number of nitrogens with zero attached hydrogens (tertiary/aromatic N) is 2. The molecule has 0 spiro atoms. The monoisotopic (exact) mass is 203 g/mol. The van der Waals surface area contributed by atoms with Crippen LogP contribution in [-0.4, -0.2) is 16.7 Å². The van der Waals surface area contributed by atoms with Crippen LogP contribution in [0.3, 0.4) is 0 Å². The molecule has 0 aliphatic heterocycles. The Morgan fingerprint density at radius 3 is 2.71 bits per heavy atom. The summed E-state index contributed by atoms with van der Waals surface area (Å²) in [6, 6.07) is 0.0119. The van der Waals surface area contributed by atoms with Gasteiger partial charge in [0.2, 0.25) is 0 Å². The number of rotatable bonds is 4. The van der Waals surface area contributed by atoms with Gasteiger partial charge in [0.1, 0.15) is 0 Å². The third-order valence-electron chi connectivity index (χ3n) is 1.39. The molecule has 0 bridgehead atoms. The van der Waals surface area contributed by atoms with Crippen molar-refractivity contribution in [2.45, 2.75) is 20.3 Å².